The topological polar surface area (TPSA) is 77.6 Å². The molecule has 10 heteroatoms. The summed E-state index contributed by atoms with van der Waals surface area (Å²) in [6.45, 7) is 4.03. The van der Waals surface area contributed by atoms with E-state index in [0.717, 1.165) is 30.8 Å². The Morgan fingerprint density at radius 3 is 2.32 bits per heavy atom. The normalized spacial score (nSPS) is 22.0. The van der Waals surface area contributed by atoms with Crippen LogP contribution in [0.5, 0.6) is 0 Å². The Morgan fingerprint density at radius 2 is 1.73 bits per heavy atom. The lowest BCUT2D eigenvalue weighted by Crippen LogP contribution is -2.53. The molecule has 1 aliphatic carbocycles. The second-order valence-electron chi connectivity index (χ2n) is 10.4. The van der Waals surface area contributed by atoms with Crippen LogP contribution >= 0.6 is 0 Å². The molecule has 198 valence electrons. The average molecular weight is 516 g/mol. The van der Waals surface area contributed by atoms with Crippen molar-refractivity contribution in [2.24, 2.45) is 0 Å². The van der Waals surface area contributed by atoms with E-state index in [1.807, 2.05) is 12.1 Å². The molecule has 2 saturated heterocycles. The number of urea groups is 1. The summed E-state index contributed by atoms with van der Waals surface area (Å²) in [6, 6.07) is 8.83. The lowest BCUT2D eigenvalue weighted by atomic mass is 9.64. The van der Waals surface area contributed by atoms with Crippen LogP contribution in [0.4, 0.5) is 29.5 Å². The molecule has 2 N–H and O–H groups in total. The number of aromatic nitrogens is 1. The number of alkyl halides is 3. The smallest absolute Gasteiger partial charge is 0.326 e. The van der Waals surface area contributed by atoms with Crippen molar-refractivity contribution >= 4 is 23.4 Å². The number of pyridine rings is 1. The molecule has 3 heterocycles. The zero-order chi connectivity index (χ0) is 26.0. The van der Waals surface area contributed by atoms with Crippen molar-refractivity contribution in [1.82, 2.24) is 15.2 Å². The molecule has 1 atom stereocenters. The van der Waals surface area contributed by atoms with Crippen LogP contribution in [0, 0.1) is 0 Å². The number of likely N-dealkylation sites (tertiary alicyclic amines) is 1. The highest BCUT2D eigenvalue weighted by molar-refractivity contribution is 6.01. The monoisotopic (exact) mass is 515 g/mol. The molecule has 37 heavy (non-hydrogen) atoms. The summed E-state index contributed by atoms with van der Waals surface area (Å²) in [7, 11) is 0. The number of piperidine rings is 1. The van der Waals surface area contributed by atoms with Gasteiger partial charge in [0.1, 0.15) is 11.9 Å². The molecule has 0 bridgehead atoms. The Balaban J connectivity index is 1.20. The fourth-order valence-corrected chi connectivity index (χ4v) is 5.72. The first kappa shape index (κ1) is 25.5. The number of nitrogens with zero attached hydrogens (tertiary/aromatic N) is 3. The molecule has 3 aliphatic rings. The molecule has 1 aromatic heterocycles. The van der Waals surface area contributed by atoms with Crippen LogP contribution in [-0.4, -0.2) is 54.0 Å². The molecule has 2 aliphatic heterocycles. The third-order valence-electron chi connectivity index (χ3n) is 7.90. The average Bonchev–Trinajstić information content (AvgIpc) is 3.36. The minimum absolute atomic E-state index is 0.0277. The zero-order valence-electron chi connectivity index (χ0n) is 20.7. The Morgan fingerprint density at radius 1 is 1.00 bits per heavy atom. The van der Waals surface area contributed by atoms with E-state index in [4.69, 9.17) is 0 Å². The van der Waals surface area contributed by atoms with E-state index in [1.54, 1.807) is 4.90 Å². The van der Waals surface area contributed by atoms with Gasteiger partial charge in [0.05, 0.1) is 5.56 Å². The second kappa shape index (κ2) is 10.3. The second-order valence-corrected chi connectivity index (χ2v) is 10.4. The number of amides is 3. The van der Waals surface area contributed by atoms with Crippen molar-refractivity contribution in [3.05, 3.63) is 53.7 Å². The number of hydrogen-bond acceptors (Lipinski definition) is 4. The summed E-state index contributed by atoms with van der Waals surface area (Å²) < 4.78 is 38.1. The first-order chi connectivity index (χ1) is 17.7. The van der Waals surface area contributed by atoms with E-state index in [9.17, 15) is 22.8 Å². The molecule has 1 saturated carbocycles. The SMILES string of the molecule is O=C(Nc1ccc(C(F)(F)F)cn1)N[C@@H]1CCCN(c2ccc(C3(CN4CCCC4)CCC3)cc2)C1=O. The van der Waals surface area contributed by atoms with Gasteiger partial charge in [-0.3, -0.25) is 10.1 Å². The summed E-state index contributed by atoms with van der Waals surface area (Å²) in [6.07, 6.45) is 3.55. The van der Waals surface area contributed by atoms with Crippen molar-refractivity contribution in [2.75, 3.05) is 36.4 Å². The molecular formula is C27H32F3N5O2. The van der Waals surface area contributed by atoms with Gasteiger partial charge in [0.25, 0.3) is 0 Å². The van der Waals surface area contributed by atoms with Crippen LogP contribution in [0.15, 0.2) is 42.6 Å². The van der Waals surface area contributed by atoms with Crippen molar-refractivity contribution in [3.8, 4) is 0 Å². The predicted octanol–water partition coefficient (Wildman–Crippen LogP) is 4.94. The molecule has 2 aromatic rings. The van der Waals surface area contributed by atoms with E-state index < -0.39 is 23.8 Å². The summed E-state index contributed by atoms with van der Waals surface area (Å²) in [5.74, 6) is -0.231. The Hall–Kier alpha value is -3.14. The lowest BCUT2D eigenvalue weighted by Gasteiger charge is -2.45. The molecule has 1 aromatic carbocycles. The van der Waals surface area contributed by atoms with Crippen LogP contribution in [0.3, 0.4) is 0 Å². The van der Waals surface area contributed by atoms with Crippen LogP contribution in [0.25, 0.3) is 0 Å². The van der Waals surface area contributed by atoms with Crippen LogP contribution in [-0.2, 0) is 16.4 Å². The van der Waals surface area contributed by atoms with Gasteiger partial charge in [-0.1, -0.05) is 18.6 Å². The maximum absolute atomic E-state index is 13.2. The number of nitrogens with one attached hydrogen (secondary N) is 2. The van der Waals surface area contributed by atoms with Crippen molar-refractivity contribution < 1.29 is 22.8 Å². The van der Waals surface area contributed by atoms with Gasteiger partial charge in [0, 0.05) is 30.4 Å². The van der Waals surface area contributed by atoms with E-state index in [0.29, 0.717) is 19.2 Å². The van der Waals surface area contributed by atoms with Crippen molar-refractivity contribution in [2.45, 2.75) is 62.6 Å². The summed E-state index contributed by atoms with van der Waals surface area (Å²) >= 11 is 0. The highest BCUT2D eigenvalue weighted by Gasteiger charge is 2.40. The number of anilines is 2. The van der Waals surface area contributed by atoms with Gasteiger partial charge in [0.2, 0.25) is 5.91 Å². The largest absolute Gasteiger partial charge is 0.417 e. The Labute approximate surface area is 214 Å². The molecule has 5 rings (SSSR count). The first-order valence-corrected chi connectivity index (χ1v) is 13.0. The zero-order valence-corrected chi connectivity index (χ0v) is 20.7. The van der Waals surface area contributed by atoms with Crippen LogP contribution < -0.4 is 15.5 Å². The molecule has 0 radical (unpaired) electrons. The summed E-state index contributed by atoms with van der Waals surface area (Å²) in [4.78, 5) is 33.5. The van der Waals surface area contributed by atoms with Gasteiger partial charge in [-0.25, -0.2) is 9.78 Å². The van der Waals surface area contributed by atoms with Gasteiger partial charge in [0.15, 0.2) is 0 Å². The maximum atomic E-state index is 13.2. The van der Waals surface area contributed by atoms with Crippen molar-refractivity contribution in [3.63, 3.8) is 0 Å². The minimum Gasteiger partial charge on any atom is -0.326 e. The van der Waals surface area contributed by atoms with Gasteiger partial charge in [-0.05, 0) is 81.4 Å². The summed E-state index contributed by atoms with van der Waals surface area (Å²) in [5.41, 5.74) is 1.45. The standard InChI is InChI=1S/C27H32F3N5O2/c28-27(29,30)20-8-11-23(31-17-20)33-25(37)32-22-5-3-16-35(24(22)36)21-9-6-19(7-10-21)26(12-4-13-26)18-34-14-1-2-15-34/h6-11,17,22H,1-5,12-16,18H2,(H2,31,32,33,37)/t22-/m1/s1. The number of benzene rings is 1. The van der Waals surface area contributed by atoms with Crippen LogP contribution in [0.1, 0.15) is 56.1 Å². The minimum atomic E-state index is -4.50. The molecule has 0 spiro atoms. The van der Waals surface area contributed by atoms with E-state index in [1.165, 1.54) is 50.8 Å². The maximum Gasteiger partial charge on any atom is 0.417 e. The quantitative estimate of drug-likeness (QED) is 0.572. The first-order valence-electron chi connectivity index (χ1n) is 13.0. The van der Waals surface area contributed by atoms with Crippen molar-refractivity contribution in [1.29, 1.82) is 0 Å². The van der Waals surface area contributed by atoms with Gasteiger partial charge >= 0.3 is 12.2 Å². The molecule has 0 unspecified atom stereocenters. The van der Waals surface area contributed by atoms with E-state index >= 15 is 0 Å². The van der Waals surface area contributed by atoms with E-state index in [-0.39, 0.29) is 17.1 Å². The van der Waals surface area contributed by atoms with Gasteiger partial charge in [-0.2, -0.15) is 13.2 Å². The van der Waals surface area contributed by atoms with Gasteiger partial charge in [-0.15, -0.1) is 0 Å². The number of carbonyl (C=O) groups is 2. The number of hydrogen-bond donors (Lipinski definition) is 2. The number of rotatable bonds is 6. The fourth-order valence-electron chi connectivity index (χ4n) is 5.72. The molecular weight excluding hydrogens is 483 g/mol. The third kappa shape index (κ3) is 5.58. The van der Waals surface area contributed by atoms with Crippen LogP contribution in [0.2, 0.25) is 0 Å². The molecule has 3 fully saturated rings. The van der Waals surface area contributed by atoms with E-state index in [2.05, 4.69) is 32.7 Å². The number of halogens is 3. The third-order valence-corrected chi connectivity index (χ3v) is 7.90. The highest BCUT2D eigenvalue weighted by atomic mass is 19.4. The molecule has 7 nitrogen and oxygen atoms in total. The lowest BCUT2D eigenvalue weighted by molar-refractivity contribution is -0.137. The number of carbonyl (C=O) groups excluding carboxylic acids is 2. The van der Waals surface area contributed by atoms with Gasteiger partial charge < -0.3 is 15.1 Å². The fraction of sp³-hybridized carbons (Fsp3) is 0.519. The predicted molar refractivity (Wildman–Crippen MR) is 134 cm³/mol. The Bertz CT molecular complexity index is 1110. The summed E-state index contributed by atoms with van der Waals surface area (Å²) in [5, 5.41) is 5.05. The highest BCUT2D eigenvalue weighted by Crippen LogP contribution is 2.45. The Kier molecular flexibility index (Phi) is 7.11. The molecule has 3 amide bonds.